The summed E-state index contributed by atoms with van der Waals surface area (Å²) in [5, 5.41) is 0. The average molecular weight is 185 g/mol. The molecule has 0 atom stereocenters. The van der Waals surface area contributed by atoms with E-state index in [1.165, 1.54) is 0 Å². The second-order valence-electron chi connectivity index (χ2n) is 2.39. The first-order valence-electron chi connectivity index (χ1n) is 3.33. The highest BCUT2D eigenvalue weighted by molar-refractivity contribution is 5.85. The molecular weight excluding hydrogens is 176 g/mol. The maximum atomic E-state index is 5.71. The van der Waals surface area contributed by atoms with Gasteiger partial charge in [0.1, 0.15) is 5.82 Å². The molecule has 0 amide bonds. The molecule has 64 valence electrons. The van der Waals surface area contributed by atoms with Gasteiger partial charge in [0.05, 0.1) is 11.9 Å². The summed E-state index contributed by atoms with van der Waals surface area (Å²) in [6.45, 7) is 1.88. The molecular formula is C7H9ClN4. The van der Waals surface area contributed by atoms with E-state index < -0.39 is 0 Å². The van der Waals surface area contributed by atoms with Crippen LogP contribution in [0.3, 0.4) is 0 Å². The van der Waals surface area contributed by atoms with Gasteiger partial charge in [0.15, 0.2) is 5.65 Å². The largest absolute Gasteiger partial charge is 0.383 e. The van der Waals surface area contributed by atoms with Gasteiger partial charge in [0.25, 0.3) is 0 Å². The number of halogens is 1. The third kappa shape index (κ3) is 1.10. The molecule has 0 saturated carbocycles. The summed E-state index contributed by atoms with van der Waals surface area (Å²) < 4.78 is 1.81. The van der Waals surface area contributed by atoms with Crippen molar-refractivity contribution >= 4 is 23.9 Å². The van der Waals surface area contributed by atoms with Crippen molar-refractivity contribution in [1.29, 1.82) is 0 Å². The summed E-state index contributed by atoms with van der Waals surface area (Å²) in [5.41, 5.74) is 7.35. The van der Waals surface area contributed by atoms with Crippen LogP contribution >= 0.6 is 12.4 Å². The Balaban J connectivity index is 0.000000720. The van der Waals surface area contributed by atoms with Crippen LogP contribution in [0.1, 0.15) is 5.69 Å². The van der Waals surface area contributed by atoms with E-state index in [2.05, 4.69) is 9.97 Å². The second-order valence-corrected chi connectivity index (χ2v) is 2.39. The second kappa shape index (κ2) is 2.98. The van der Waals surface area contributed by atoms with Crippen LogP contribution in [0.2, 0.25) is 0 Å². The predicted octanol–water partition coefficient (Wildman–Crippen LogP) is 1.04. The number of hydrogen-bond acceptors (Lipinski definition) is 3. The number of nitrogens with two attached hydrogens (primary N) is 1. The molecule has 0 aliphatic heterocycles. The summed E-state index contributed by atoms with van der Waals surface area (Å²) in [6, 6.07) is 0. The summed E-state index contributed by atoms with van der Waals surface area (Å²) in [5.74, 6) is 0.683. The van der Waals surface area contributed by atoms with E-state index in [4.69, 9.17) is 5.73 Å². The number of fused-ring (bicyclic) bond motifs is 1. The van der Waals surface area contributed by atoms with Gasteiger partial charge in [-0.3, -0.25) is 9.38 Å². The van der Waals surface area contributed by atoms with Gasteiger partial charge in [0.2, 0.25) is 0 Å². The van der Waals surface area contributed by atoms with E-state index in [-0.39, 0.29) is 12.4 Å². The van der Waals surface area contributed by atoms with E-state index in [1.807, 2.05) is 11.3 Å². The Hall–Kier alpha value is -1.29. The van der Waals surface area contributed by atoms with Crippen molar-refractivity contribution in [3.05, 3.63) is 24.3 Å². The Kier molecular flexibility index (Phi) is 2.19. The predicted molar refractivity (Wildman–Crippen MR) is 49.4 cm³/mol. The lowest BCUT2D eigenvalue weighted by molar-refractivity contribution is 1.13. The van der Waals surface area contributed by atoms with Crippen LogP contribution in [0.5, 0.6) is 0 Å². The van der Waals surface area contributed by atoms with Gasteiger partial charge in [-0.1, -0.05) is 0 Å². The minimum absolute atomic E-state index is 0. The van der Waals surface area contributed by atoms with Gasteiger partial charge in [-0.2, -0.15) is 0 Å². The van der Waals surface area contributed by atoms with E-state index in [1.54, 1.807) is 18.6 Å². The number of hydrogen-bond donors (Lipinski definition) is 1. The Bertz CT molecular complexity index is 395. The molecule has 4 nitrogen and oxygen atoms in total. The van der Waals surface area contributed by atoms with Gasteiger partial charge >= 0.3 is 0 Å². The molecule has 0 saturated heterocycles. The van der Waals surface area contributed by atoms with Gasteiger partial charge in [-0.25, -0.2) is 4.98 Å². The SMILES string of the molecule is Cc1nc2cnccn2c1N.Cl. The molecule has 0 radical (unpaired) electrons. The molecule has 0 aliphatic rings. The molecule has 0 spiro atoms. The molecule has 2 heterocycles. The number of nitrogen functional groups attached to an aromatic ring is 1. The molecule has 0 aliphatic carbocycles. The molecule has 0 unspecified atom stereocenters. The van der Waals surface area contributed by atoms with Crippen molar-refractivity contribution in [2.45, 2.75) is 6.92 Å². The highest BCUT2D eigenvalue weighted by Crippen LogP contribution is 2.11. The third-order valence-electron chi connectivity index (χ3n) is 1.65. The maximum Gasteiger partial charge on any atom is 0.157 e. The van der Waals surface area contributed by atoms with Gasteiger partial charge < -0.3 is 5.73 Å². The van der Waals surface area contributed by atoms with Crippen molar-refractivity contribution in [3.63, 3.8) is 0 Å². The molecule has 5 heteroatoms. The van der Waals surface area contributed by atoms with E-state index in [9.17, 15) is 0 Å². The molecule has 12 heavy (non-hydrogen) atoms. The number of imidazole rings is 1. The Morgan fingerprint density at radius 3 is 2.92 bits per heavy atom. The number of rotatable bonds is 0. The molecule has 0 bridgehead atoms. The lowest BCUT2D eigenvalue weighted by Gasteiger charge is -1.92. The smallest absolute Gasteiger partial charge is 0.157 e. The fourth-order valence-corrected chi connectivity index (χ4v) is 1.04. The molecule has 2 aromatic rings. The number of aryl methyl sites for hydroxylation is 1. The zero-order valence-corrected chi connectivity index (χ0v) is 7.38. The number of aromatic nitrogens is 3. The van der Waals surface area contributed by atoms with Gasteiger partial charge in [-0.15, -0.1) is 12.4 Å². The van der Waals surface area contributed by atoms with Gasteiger partial charge in [0, 0.05) is 12.4 Å². The third-order valence-corrected chi connectivity index (χ3v) is 1.65. The molecule has 0 aromatic carbocycles. The monoisotopic (exact) mass is 184 g/mol. The van der Waals surface area contributed by atoms with Crippen LogP contribution in [0, 0.1) is 6.92 Å². The molecule has 2 rings (SSSR count). The summed E-state index contributed by atoms with van der Waals surface area (Å²) in [6.07, 6.45) is 5.17. The fraction of sp³-hybridized carbons (Fsp3) is 0.143. The van der Waals surface area contributed by atoms with E-state index >= 15 is 0 Å². The normalized spacial score (nSPS) is 9.75. The van der Waals surface area contributed by atoms with Crippen LogP contribution in [0.15, 0.2) is 18.6 Å². The van der Waals surface area contributed by atoms with Crippen LogP contribution in [-0.4, -0.2) is 14.4 Å². The Morgan fingerprint density at radius 1 is 1.50 bits per heavy atom. The van der Waals surface area contributed by atoms with Crippen molar-refractivity contribution < 1.29 is 0 Å². The van der Waals surface area contributed by atoms with Gasteiger partial charge in [-0.05, 0) is 6.92 Å². The Labute approximate surface area is 75.8 Å². The number of nitrogens with zero attached hydrogens (tertiary/aromatic N) is 3. The zero-order valence-electron chi connectivity index (χ0n) is 6.56. The zero-order chi connectivity index (χ0) is 7.84. The first-order chi connectivity index (χ1) is 5.29. The summed E-state index contributed by atoms with van der Waals surface area (Å²) >= 11 is 0. The maximum absolute atomic E-state index is 5.71. The lowest BCUT2D eigenvalue weighted by atomic mass is 10.5. The van der Waals surface area contributed by atoms with E-state index in [0.717, 1.165) is 11.3 Å². The van der Waals surface area contributed by atoms with Crippen LogP contribution < -0.4 is 5.73 Å². The van der Waals surface area contributed by atoms with Crippen molar-refractivity contribution in [1.82, 2.24) is 14.4 Å². The lowest BCUT2D eigenvalue weighted by Crippen LogP contribution is -1.93. The number of anilines is 1. The minimum Gasteiger partial charge on any atom is -0.383 e. The highest BCUT2D eigenvalue weighted by atomic mass is 35.5. The summed E-state index contributed by atoms with van der Waals surface area (Å²) in [4.78, 5) is 8.12. The van der Waals surface area contributed by atoms with Crippen LogP contribution in [-0.2, 0) is 0 Å². The average Bonchev–Trinajstić information content (AvgIpc) is 2.30. The highest BCUT2D eigenvalue weighted by Gasteiger charge is 2.02. The quantitative estimate of drug-likeness (QED) is 0.666. The standard InChI is InChI=1S/C7H8N4.ClH/c1-5-7(8)11-3-2-9-4-6(11)10-5;/h2-4H,8H2,1H3;1H. The fourth-order valence-electron chi connectivity index (χ4n) is 1.04. The van der Waals surface area contributed by atoms with E-state index in [0.29, 0.717) is 5.82 Å². The summed E-state index contributed by atoms with van der Waals surface area (Å²) in [7, 11) is 0. The first kappa shape index (κ1) is 8.80. The van der Waals surface area contributed by atoms with Crippen LogP contribution in [0.4, 0.5) is 5.82 Å². The van der Waals surface area contributed by atoms with Crippen molar-refractivity contribution in [2.75, 3.05) is 5.73 Å². The first-order valence-corrected chi connectivity index (χ1v) is 3.33. The van der Waals surface area contributed by atoms with Crippen LogP contribution in [0.25, 0.3) is 5.65 Å². The molecule has 2 N–H and O–H groups in total. The minimum atomic E-state index is 0. The molecule has 0 fully saturated rings. The van der Waals surface area contributed by atoms with Crippen molar-refractivity contribution in [2.24, 2.45) is 0 Å². The topological polar surface area (TPSA) is 56.2 Å². The molecule has 2 aromatic heterocycles. The van der Waals surface area contributed by atoms with Crippen molar-refractivity contribution in [3.8, 4) is 0 Å². The Morgan fingerprint density at radius 2 is 2.25 bits per heavy atom.